The van der Waals surface area contributed by atoms with Gasteiger partial charge in [-0.1, -0.05) is 12.8 Å². The molecule has 158 valence electrons. The molecule has 3 rings (SSSR count). The molecule has 9 nitrogen and oxygen atoms in total. The number of urea groups is 1. The van der Waals surface area contributed by atoms with Crippen LogP contribution in [0, 0.1) is 12.3 Å². The Bertz CT molecular complexity index is 941. The fraction of sp³-hybridized carbons (Fsp3) is 0.381. The van der Waals surface area contributed by atoms with Crippen molar-refractivity contribution in [3.05, 3.63) is 36.2 Å². The zero-order valence-corrected chi connectivity index (χ0v) is 17.0. The Labute approximate surface area is 174 Å². The van der Waals surface area contributed by atoms with Crippen molar-refractivity contribution in [2.45, 2.75) is 39.5 Å². The van der Waals surface area contributed by atoms with Crippen LogP contribution in [0.1, 0.15) is 38.3 Å². The number of nitrogens with one attached hydrogen (secondary N) is 3. The highest BCUT2D eigenvalue weighted by Gasteiger charge is 2.33. The van der Waals surface area contributed by atoms with Gasteiger partial charge in [0.15, 0.2) is 0 Å². The van der Waals surface area contributed by atoms with Crippen LogP contribution in [0.2, 0.25) is 0 Å². The molecular weight excluding hydrogens is 386 g/mol. The summed E-state index contributed by atoms with van der Waals surface area (Å²) in [6.45, 7) is 3.48. The maximum Gasteiger partial charge on any atom is 0.320 e. The number of rotatable bonds is 7. The summed E-state index contributed by atoms with van der Waals surface area (Å²) in [5.41, 5.74) is 0.129. The smallest absolute Gasteiger partial charge is 0.320 e. The molecule has 2 aromatic rings. The summed E-state index contributed by atoms with van der Waals surface area (Å²) in [7, 11) is 0. The first-order chi connectivity index (χ1) is 14.4. The molecule has 0 atom stereocenters. The molecule has 0 saturated heterocycles. The number of anilines is 2. The van der Waals surface area contributed by atoms with Crippen LogP contribution in [0.4, 0.5) is 16.4 Å². The number of aromatic nitrogens is 2. The first kappa shape index (κ1) is 21.2. The van der Waals surface area contributed by atoms with Crippen molar-refractivity contribution in [1.82, 2.24) is 15.3 Å². The highest BCUT2D eigenvalue weighted by Crippen LogP contribution is 2.35. The number of pyridine rings is 2. The lowest BCUT2D eigenvalue weighted by Gasteiger charge is -2.22. The van der Waals surface area contributed by atoms with Crippen LogP contribution >= 0.6 is 0 Å². The van der Waals surface area contributed by atoms with E-state index in [0.29, 0.717) is 35.4 Å². The lowest BCUT2D eigenvalue weighted by molar-refractivity contribution is -0.116. The second-order valence-corrected chi connectivity index (χ2v) is 7.44. The number of nitrogens with zero attached hydrogens (tertiary/aromatic N) is 2. The Morgan fingerprint density at radius 1 is 1.17 bits per heavy atom. The van der Waals surface area contributed by atoms with E-state index in [-0.39, 0.29) is 5.91 Å². The van der Waals surface area contributed by atoms with Gasteiger partial charge in [-0.3, -0.25) is 10.1 Å². The molecule has 30 heavy (non-hydrogen) atoms. The number of carbonyl (C=O) groups is 3. The number of aryl methyl sites for hydroxylation is 1. The van der Waals surface area contributed by atoms with Crippen molar-refractivity contribution in [3.63, 3.8) is 0 Å². The Hall–Kier alpha value is -3.49. The molecule has 1 aliphatic rings. The molecular formula is C21H25N5O4. The Morgan fingerprint density at radius 2 is 1.93 bits per heavy atom. The lowest BCUT2D eigenvalue weighted by Crippen LogP contribution is -2.39. The summed E-state index contributed by atoms with van der Waals surface area (Å²) in [6, 6.07) is 6.18. The van der Waals surface area contributed by atoms with E-state index >= 15 is 0 Å². The fourth-order valence-electron chi connectivity index (χ4n) is 3.41. The molecule has 0 unspecified atom stereocenters. The van der Waals surface area contributed by atoms with E-state index in [1.807, 2.05) is 0 Å². The monoisotopic (exact) mass is 411 g/mol. The first-order valence-electron chi connectivity index (χ1n) is 9.79. The molecule has 0 spiro atoms. The van der Waals surface area contributed by atoms with Crippen LogP contribution < -0.4 is 20.7 Å². The van der Waals surface area contributed by atoms with Gasteiger partial charge in [-0.15, -0.1) is 0 Å². The summed E-state index contributed by atoms with van der Waals surface area (Å²) in [5.74, 6) is 1.53. The van der Waals surface area contributed by atoms with E-state index in [9.17, 15) is 14.4 Å². The standard InChI is InChI=1S/C21H25N5O4/c1-14-17(30-16-7-10-22-19(11-16)25-15(2)28)5-6-18(24-14)26-20(29)23-12-21(13-27)8-3-4-9-21/h5-7,10-11,13H,3-4,8-9,12H2,1-2H3,(H,22,25,28)(H2,23,24,26,29). The molecule has 3 N–H and O–H groups in total. The van der Waals surface area contributed by atoms with Gasteiger partial charge in [-0.05, 0) is 38.0 Å². The number of carbonyl (C=O) groups excluding carboxylic acids is 3. The molecule has 9 heteroatoms. The van der Waals surface area contributed by atoms with Crippen molar-refractivity contribution in [2.24, 2.45) is 5.41 Å². The summed E-state index contributed by atoms with van der Waals surface area (Å²) in [4.78, 5) is 43.1. The van der Waals surface area contributed by atoms with Crippen LogP contribution in [0.5, 0.6) is 11.5 Å². The Balaban J connectivity index is 1.59. The largest absolute Gasteiger partial charge is 0.455 e. The molecule has 3 amide bonds. The number of aldehydes is 1. The van der Waals surface area contributed by atoms with Crippen LogP contribution in [-0.2, 0) is 9.59 Å². The molecule has 2 aromatic heterocycles. The highest BCUT2D eigenvalue weighted by molar-refractivity contribution is 5.88. The number of amides is 3. The van der Waals surface area contributed by atoms with Crippen LogP contribution in [0.25, 0.3) is 0 Å². The van der Waals surface area contributed by atoms with Gasteiger partial charge in [0.05, 0.1) is 5.69 Å². The van der Waals surface area contributed by atoms with Crippen molar-refractivity contribution < 1.29 is 19.1 Å². The third-order valence-electron chi connectivity index (χ3n) is 4.99. The van der Waals surface area contributed by atoms with Crippen LogP contribution in [0.15, 0.2) is 30.5 Å². The predicted molar refractivity (Wildman–Crippen MR) is 112 cm³/mol. The SMILES string of the molecule is CC(=O)Nc1cc(Oc2ccc(NC(=O)NCC3(C=O)CCCC3)nc2C)ccn1. The number of ether oxygens (including phenoxy) is 1. The highest BCUT2D eigenvalue weighted by atomic mass is 16.5. The van der Waals surface area contributed by atoms with Crippen molar-refractivity contribution >= 4 is 29.9 Å². The minimum Gasteiger partial charge on any atom is -0.455 e. The lowest BCUT2D eigenvalue weighted by atomic mass is 9.88. The maximum atomic E-state index is 12.2. The average Bonchev–Trinajstić information content (AvgIpc) is 3.18. The zero-order valence-electron chi connectivity index (χ0n) is 17.0. The van der Waals surface area contributed by atoms with E-state index in [1.54, 1.807) is 31.2 Å². The van der Waals surface area contributed by atoms with Gasteiger partial charge in [-0.2, -0.15) is 0 Å². The maximum absolute atomic E-state index is 12.2. The third kappa shape index (κ3) is 5.53. The minimum absolute atomic E-state index is 0.224. The molecule has 0 radical (unpaired) electrons. The predicted octanol–water partition coefficient (Wildman–Crippen LogP) is 3.42. The molecule has 1 fully saturated rings. The number of hydrogen-bond acceptors (Lipinski definition) is 6. The van der Waals surface area contributed by atoms with Crippen LogP contribution in [-0.4, -0.2) is 34.7 Å². The number of hydrogen-bond donors (Lipinski definition) is 3. The third-order valence-corrected chi connectivity index (χ3v) is 4.99. The van der Waals surface area contributed by atoms with Crippen molar-refractivity contribution in [2.75, 3.05) is 17.2 Å². The summed E-state index contributed by atoms with van der Waals surface area (Å²) in [6.07, 6.45) is 6.12. The Morgan fingerprint density at radius 3 is 2.60 bits per heavy atom. The quantitative estimate of drug-likeness (QED) is 0.600. The van der Waals surface area contributed by atoms with Gasteiger partial charge >= 0.3 is 6.03 Å². The molecule has 0 bridgehead atoms. The van der Waals surface area contributed by atoms with Gasteiger partial charge in [0.2, 0.25) is 5.91 Å². The van der Waals surface area contributed by atoms with E-state index in [0.717, 1.165) is 32.0 Å². The fourth-order valence-corrected chi connectivity index (χ4v) is 3.41. The molecule has 1 saturated carbocycles. The van der Waals surface area contributed by atoms with E-state index in [4.69, 9.17) is 4.74 Å². The molecule has 1 aliphatic carbocycles. The van der Waals surface area contributed by atoms with E-state index < -0.39 is 11.4 Å². The van der Waals surface area contributed by atoms with Crippen molar-refractivity contribution in [3.8, 4) is 11.5 Å². The topological polar surface area (TPSA) is 122 Å². The van der Waals surface area contributed by atoms with Gasteiger partial charge < -0.3 is 20.2 Å². The average molecular weight is 411 g/mol. The van der Waals surface area contributed by atoms with E-state index in [1.165, 1.54) is 13.1 Å². The van der Waals surface area contributed by atoms with Gasteiger partial charge in [0, 0.05) is 31.1 Å². The van der Waals surface area contributed by atoms with Gasteiger partial charge in [0.1, 0.15) is 29.4 Å². The molecule has 0 aromatic carbocycles. The summed E-state index contributed by atoms with van der Waals surface area (Å²) >= 11 is 0. The normalized spacial score (nSPS) is 14.6. The van der Waals surface area contributed by atoms with Crippen LogP contribution in [0.3, 0.4) is 0 Å². The van der Waals surface area contributed by atoms with Crippen molar-refractivity contribution in [1.29, 1.82) is 0 Å². The molecule has 0 aliphatic heterocycles. The second kappa shape index (κ2) is 9.34. The first-order valence-corrected chi connectivity index (χ1v) is 9.79. The van der Waals surface area contributed by atoms with E-state index in [2.05, 4.69) is 25.9 Å². The summed E-state index contributed by atoms with van der Waals surface area (Å²) < 4.78 is 5.81. The Kier molecular flexibility index (Phi) is 6.61. The second-order valence-electron chi connectivity index (χ2n) is 7.44. The minimum atomic E-state index is -0.445. The zero-order chi connectivity index (χ0) is 21.6. The molecule has 2 heterocycles. The summed E-state index contributed by atoms with van der Waals surface area (Å²) in [5, 5.41) is 8.04. The van der Waals surface area contributed by atoms with Gasteiger partial charge in [0.25, 0.3) is 0 Å². The van der Waals surface area contributed by atoms with Gasteiger partial charge in [-0.25, -0.2) is 14.8 Å².